The number of anilines is 2. The molecular formula is C38H49N13O6S. The van der Waals surface area contributed by atoms with Crippen LogP contribution in [-0.4, -0.2) is 91.2 Å². The zero-order chi connectivity index (χ0) is 41.7. The number of fused-ring (bicyclic) bond motifs is 2. The molecule has 0 aliphatic carbocycles. The number of aryl methyl sites for hydroxylation is 4. The topological polar surface area (TPSA) is 243 Å². The highest BCUT2D eigenvalue weighted by molar-refractivity contribution is 7.89. The highest BCUT2D eigenvalue weighted by Crippen LogP contribution is 2.33. The molecule has 20 heteroatoms. The van der Waals surface area contributed by atoms with E-state index in [9.17, 15) is 23.1 Å². The molecule has 6 aromatic rings. The van der Waals surface area contributed by atoms with E-state index in [2.05, 4.69) is 35.9 Å². The lowest BCUT2D eigenvalue weighted by Crippen LogP contribution is -2.20. The normalized spacial score (nSPS) is 12.6. The van der Waals surface area contributed by atoms with Gasteiger partial charge in [0, 0.05) is 31.7 Å². The quantitative estimate of drug-likeness (QED) is 0.0417. The van der Waals surface area contributed by atoms with Crippen LogP contribution in [0.25, 0.3) is 22.1 Å². The second kappa shape index (κ2) is 17.7. The Morgan fingerprint density at radius 3 is 2.02 bits per heavy atom. The molecule has 2 aromatic carbocycles. The van der Waals surface area contributed by atoms with Crippen LogP contribution in [0.15, 0.2) is 59.5 Å². The third-order valence-electron chi connectivity index (χ3n) is 9.36. The Labute approximate surface area is 335 Å². The molecule has 0 bridgehead atoms. The monoisotopic (exact) mass is 815 g/mol. The summed E-state index contributed by atoms with van der Waals surface area (Å²) < 4.78 is 40.6. The van der Waals surface area contributed by atoms with Crippen LogP contribution in [0.1, 0.15) is 64.4 Å². The number of hydrogen-bond acceptors (Lipinski definition) is 12. The molecular weight excluding hydrogens is 767 g/mol. The summed E-state index contributed by atoms with van der Waals surface area (Å²) in [4.78, 5) is 36.7. The van der Waals surface area contributed by atoms with E-state index >= 15 is 0 Å². The number of ether oxygens (including phenoxy) is 1. The average molecular weight is 816 g/mol. The Morgan fingerprint density at radius 2 is 1.45 bits per heavy atom. The smallest absolute Gasteiger partial charge is 0.276 e. The average Bonchev–Trinajstić information content (AvgIpc) is 3.96. The van der Waals surface area contributed by atoms with Crippen molar-refractivity contribution in [2.45, 2.75) is 71.4 Å². The molecule has 308 valence electrons. The Bertz CT molecular complexity index is 2600. The number of aromatic nitrogens is 8. The fraction of sp³-hybridized carbons (Fsp3) is 0.368. The molecule has 1 atom stereocenters. The Morgan fingerprint density at radius 1 is 0.862 bits per heavy atom. The minimum atomic E-state index is -3.77. The van der Waals surface area contributed by atoms with Gasteiger partial charge in [0.25, 0.3) is 11.8 Å². The molecule has 58 heavy (non-hydrogen) atoms. The van der Waals surface area contributed by atoms with Crippen molar-refractivity contribution in [2.75, 3.05) is 37.9 Å². The highest BCUT2D eigenvalue weighted by atomic mass is 32.2. The molecule has 6 rings (SSSR count). The summed E-state index contributed by atoms with van der Waals surface area (Å²) in [6, 6.07) is 11.3. The number of imidazole rings is 2. The third-order valence-corrected chi connectivity index (χ3v) is 10.8. The lowest BCUT2D eigenvalue weighted by atomic mass is 10.1. The Balaban J connectivity index is 1.39. The van der Waals surface area contributed by atoms with Crippen LogP contribution in [0.4, 0.5) is 11.9 Å². The summed E-state index contributed by atoms with van der Waals surface area (Å²) in [7, 11) is -0.594. The first-order valence-corrected chi connectivity index (χ1v) is 20.3. The van der Waals surface area contributed by atoms with Gasteiger partial charge in [0.05, 0.1) is 39.4 Å². The van der Waals surface area contributed by atoms with Gasteiger partial charge >= 0.3 is 0 Å². The zero-order valence-electron chi connectivity index (χ0n) is 33.3. The third kappa shape index (κ3) is 8.80. The van der Waals surface area contributed by atoms with Gasteiger partial charge in [-0.3, -0.25) is 29.6 Å². The van der Waals surface area contributed by atoms with Crippen molar-refractivity contribution in [3.63, 3.8) is 0 Å². The van der Waals surface area contributed by atoms with E-state index in [1.807, 2.05) is 40.0 Å². The summed E-state index contributed by atoms with van der Waals surface area (Å²) in [5.41, 5.74) is 10.3. The molecule has 0 aliphatic rings. The van der Waals surface area contributed by atoms with E-state index in [-0.39, 0.29) is 29.9 Å². The van der Waals surface area contributed by atoms with Crippen LogP contribution in [0.3, 0.4) is 0 Å². The van der Waals surface area contributed by atoms with E-state index in [1.165, 1.54) is 19.2 Å². The van der Waals surface area contributed by atoms with Crippen molar-refractivity contribution in [1.29, 1.82) is 0 Å². The SMILES string of the molecule is CCn1nc(C)cc1C(=O)Nc1nc2cc(S(=O)(=O)NC)ccc2n1C/C=C/Cn1c(NC(=O)c2cc(C)nn2CC)nc2cc(C(N)O)cc(OCCCNC)c21. The van der Waals surface area contributed by atoms with Gasteiger partial charge in [0.1, 0.15) is 28.9 Å². The number of rotatable bonds is 18. The minimum absolute atomic E-state index is 0.0215. The van der Waals surface area contributed by atoms with E-state index in [0.717, 1.165) is 6.54 Å². The van der Waals surface area contributed by atoms with Crippen LogP contribution in [0.5, 0.6) is 5.75 Å². The molecule has 0 saturated carbocycles. The largest absolute Gasteiger partial charge is 0.491 e. The number of aliphatic hydroxyl groups is 1. The number of benzene rings is 2. The van der Waals surface area contributed by atoms with Crippen molar-refractivity contribution < 1.29 is 27.9 Å². The molecule has 7 N–H and O–H groups in total. The van der Waals surface area contributed by atoms with E-state index < -0.39 is 28.1 Å². The molecule has 19 nitrogen and oxygen atoms in total. The van der Waals surface area contributed by atoms with E-state index in [1.54, 1.807) is 55.8 Å². The molecule has 0 fully saturated rings. The molecule has 4 heterocycles. The van der Waals surface area contributed by atoms with Crippen molar-refractivity contribution in [1.82, 2.24) is 48.7 Å². The van der Waals surface area contributed by atoms with Crippen molar-refractivity contribution >= 4 is 55.8 Å². The number of carbonyl (C=O) groups is 2. The molecule has 0 radical (unpaired) electrons. The first-order chi connectivity index (χ1) is 27.8. The van der Waals surface area contributed by atoms with Crippen molar-refractivity contribution in [3.05, 3.63) is 83.0 Å². The van der Waals surface area contributed by atoms with E-state index in [4.69, 9.17) is 15.5 Å². The lowest BCUT2D eigenvalue weighted by Gasteiger charge is -2.14. The van der Waals surface area contributed by atoms with Gasteiger partial charge in [-0.25, -0.2) is 23.1 Å². The number of nitrogens with zero attached hydrogens (tertiary/aromatic N) is 8. The number of nitrogens with two attached hydrogens (primary N) is 1. The molecule has 0 aliphatic heterocycles. The van der Waals surface area contributed by atoms with Crippen molar-refractivity contribution in [2.24, 2.45) is 5.73 Å². The maximum Gasteiger partial charge on any atom is 0.276 e. The van der Waals surface area contributed by atoms with Crippen LogP contribution < -0.4 is 31.1 Å². The van der Waals surface area contributed by atoms with Crippen LogP contribution in [-0.2, 0) is 36.2 Å². The van der Waals surface area contributed by atoms with Gasteiger partial charge in [-0.2, -0.15) is 10.2 Å². The molecule has 2 amide bonds. The predicted octanol–water partition coefficient (Wildman–Crippen LogP) is 3.04. The highest BCUT2D eigenvalue weighted by Gasteiger charge is 2.23. The van der Waals surface area contributed by atoms with Gasteiger partial charge < -0.3 is 30.0 Å². The maximum absolute atomic E-state index is 13.7. The van der Waals surface area contributed by atoms with Gasteiger partial charge in [0.15, 0.2) is 0 Å². The standard InChI is InChI=1S/C38H49N13O6S/c1-7-50-30(18-23(3)46-50)35(53)44-37-42-27-22-26(58(55,56)41-6)12-13-29(27)48(37)15-9-10-16-49-33-28(20-25(34(39)52)21-32(33)57-17-11-14-40-5)43-38(49)45-36(54)31-19-24(4)47-51(31)8-2/h9-10,12-13,18-22,34,40-41,52H,7-8,11,14-17,39H2,1-6H3,(H,42,44,53)(H,43,45,54)/b10-9+. The molecule has 0 spiro atoms. The first-order valence-electron chi connectivity index (χ1n) is 18.8. The summed E-state index contributed by atoms with van der Waals surface area (Å²) in [5, 5.41) is 28.1. The number of hydrogen-bond donors (Lipinski definition) is 6. The Hall–Kier alpha value is -5.93. The fourth-order valence-corrected chi connectivity index (χ4v) is 7.29. The van der Waals surface area contributed by atoms with Crippen LogP contribution in [0.2, 0.25) is 0 Å². The van der Waals surface area contributed by atoms with Gasteiger partial charge in [-0.1, -0.05) is 12.2 Å². The van der Waals surface area contributed by atoms with Crippen LogP contribution in [0, 0.1) is 13.8 Å². The number of aliphatic hydroxyl groups excluding tert-OH is 1. The summed E-state index contributed by atoms with van der Waals surface area (Å²) in [5.74, 6) is -0.0113. The van der Waals surface area contributed by atoms with Crippen molar-refractivity contribution in [3.8, 4) is 5.75 Å². The first kappa shape index (κ1) is 41.7. The van der Waals surface area contributed by atoms with Gasteiger partial charge in [-0.05, 0) is 97.2 Å². The number of allylic oxidation sites excluding steroid dienone is 2. The maximum atomic E-state index is 13.7. The van der Waals surface area contributed by atoms with Gasteiger partial charge in [-0.15, -0.1) is 0 Å². The second-order valence-electron chi connectivity index (χ2n) is 13.4. The lowest BCUT2D eigenvalue weighted by molar-refractivity contribution is 0.100. The predicted molar refractivity (Wildman–Crippen MR) is 219 cm³/mol. The number of sulfonamides is 1. The zero-order valence-corrected chi connectivity index (χ0v) is 34.1. The Kier molecular flexibility index (Phi) is 12.7. The molecule has 0 saturated heterocycles. The van der Waals surface area contributed by atoms with E-state index in [0.29, 0.717) is 82.3 Å². The fourth-order valence-electron chi connectivity index (χ4n) is 6.54. The minimum Gasteiger partial charge on any atom is -0.491 e. The second-order valence-corrected chi connectivity index (χ2v) is 15.3. The summed E-state index contributed by atoms with van der Waals surface area (Å²) >= 11 is 0. The number of nitrogens with one attached hydrogen (secondary N) is 4. The number of amides is 2. The molecule has 4 aromatic heterocycles. The molecule has 1 unspecified atom stereocenters. The van der Waals surface area contributed by atoms with Gasteiger partial charge in [0.2, 0.25) is 21.9 Å². The summed E-state index contributed by atoms with van der Waals surface area (Å²) in [6.45, 7) is 9.83. The number of carbonyl (C=O) groups excluding carboxylic acids is 2. The van der Waals surface area contributed by atoms with Crippen LogP contribution >= 0.6 is 0 Å². The summed E-state index contributed by atoms with van der Waals surface area (Å²) in [6.07, 6.45) is 3.12.